The molecule has 0 aromatic heterocycles. The molecule has 0 saturated heterocycles. The molecule has 0 radical (unpaired) electrons. The molecule has 8 heteroatoms. The van der Waals surface area contributed by atoms with Crippen LogP contribution in [0.4, 0.5) is 10.1 Å². The van der Waals surface area contributed by atoms with Gasteiger partial charge in [0.15, 0.2) is 0 Å². The summed E-state index contributed by atoms with van der Waals surface area (Å²) in [6.07, 6.45) is 0. The van der Waals surface area contributed by atoms with Gasteiger partial charge in [-0.2, -0.15) is 0 Å². The van der Waals surface area contributed by atoms with Gasteiger partial charge >= 0.3 is 5.97 Å². The third-order valence-corrected chi connectivity index (χ3v) is 4.38. The van der Waals surface area contributed by atoms with E-state index in [1.54, 1.807) is 19.9 Å². The summed E-state index contributed by atoms with van der Waals surface area (Å²) in [5, 5.41) is 23.2. The summed E-state index contributed by atoms with van der Waals surface area (Å²) < 4.78 is 13.0. The van der Waals surface area contributed by atoms with Crippen LogP contribution in [0.2, 0.25) is 0 Å². The summed E-state index contributed by atoms with van der Waals surface area (Å²) in [6, 6.07) is 6.52. The number of carboxylic acids is 1. The van der Waals surface area contributed by atoms with E-state index in [1.165, 1.54) is 19.1 Å². The van der Waals surface area contributed by atoms with Crippen molar-refractivity contribution in [2.75, 3.05) is 6.54 Å². The Morgan fingerprint density at radius 1 is 1.19 bits per heavy atom. The van der Waals surface area contributed by atoms with E-state index in [2.05, 4.69) is 5.32 Å². The number of aryl methyl sites for hydroxylation is 2. The lowest BCUT2D eigenvalue weighted by Crippen LogP contribution is -2.32. The molecular formula is C19H19FN2O5. The molecule has 1 unspecified atom stereocenters. The fraction of sp³-hybridized carbons (Fsp3) is 0.263. The van der Waals surface area contributed by atoms with Crippen molar-refractivity contribution in [1.29, 1.82) is 0 Å². The van der Waals surface area contributed by atoms with E-state index >= 15 is 0 Å². The maximum atomic E-state index is 13.0. The fourth-order valence-corrected chi connectivity index (χ4v) is 3.13. The number of hydrogen-bond donors (Lipinski definition) is 2. The highest BCUT2D eigenvalue weighted by molar-refractivity contribution is 5.98. The smallest absolute Gasteiger partial charge is 0.312 e. The molecule has 2 rings (SSSR count). The molecular weight excluding hydrogens is 355 g/mol. The molecule has 2 N–H and O–H groups in total. The molecule has 2 aromatic rings. The zero-order chi connectivity index (χ0) is 20.3. The number of nitrogens with one attached hydrogen (secondary N) is 1. The molecule has 0 aliphatic heterocycles. The summed E-state index contributed by atoms with van der Waals surface area (Å²) in [5.41, 5.74) is 1.58. The van der Waals surface area contributed by atoms with Crippen molar-refractivity contribution in [1.82, 2.24) is 5.32 Å². The average Bonchev–Trinajstić information content (AvgIpc) is 2.55. The van der Waals surface area contributed by atoms with E-state index in [4.69, 9.17) is 0 Å². The zero-order valence-electron chi connectivity index (χ0n) is 15.1. The Kier molecular flexibility index (Phi) is 5.89. The quantitative estimate of drug-likeness (QED) is 0.596. The Bertz CT molecular complexity index is 909. The molecule has 0 bridgehead atoms. The van der Waals surface area contributed by atoms with Crippen molar-refractivity contribution in [3.05, 3.63) is 74.1 Å². The minimum Gasteiger partial charge on any atom is -0.481 e. The second-order valence-electron chi connectivity index (χ2n) is 6.27. The Morgan fingerprint density at radius 2 is 1.78 bits per heavy atom. The van der Waals surface area contributed by atoms with Crippen LogP contribution >= 0.6 is 0 Å². The van der Waals surface area contributed by atoms with E-state index in [0.29, 0.717) is 16.7 Å². The van der Waals surface area contributed by atoms with Gasteiger partial charge in [0.2, 0.25) is 0 Å². The monoisotopic (exact) mass is 374 g/mol. The number of nitro benzene ring substituents is 1. The van der Waals surface area contributed by atoms with Gasteiger partial charge in [-0.15, -0.1) is 0 Å². The molecule has 0 saturated carbocycles. The molecule has 2 aromatic carbocycles. The number of carbonyl (C=O) groups excluding carboxylic acids is 1. The molecule has 142 valence electrons. The second-order valence-corrected chi connectivity index (χ2v) is 6.27. The van der Waals surface area contributed by atoms with E-state index in [0.717, 1.165) is 12.1 Å². The van der Waals surface area contributed by atoms with Crippen LogP contribution in [0.15, 0.2) is 30.3 Å². The van der Waals surface area contributed by atoms with Crippen LogP contribution in [-0.2, 0) is 4.79 Å². The summed E-state index contributed by atoms with van der Waals surface area (Å²) in [6.45, 7) is 4.50. The summed E-state index contributed by atoms with van der Waals surface area (Å²) in [4.78, 5) is 34.8. The van der Waals surface area contributed by atoms with Gasteiger partial charge in [-0.25, -0.2) is 4.39 Å². The van der Waals surface area contributed by atoms with Gasteiger partial charge in [0, 0.05) is 17.7 Å². The SMILES string of the molecule is Cc1cc(C)c([N+](=O)[O-])c(C)c1C(=O)NCC(C(=O)O)c1ccc(F)cc1. The van der Waals surface area contributed by atoms with Gasteiger partial charge in [-0.05, 0) is 50.1 Å². The first-order valence-corrected chi connectivity index (χ1v) is 8.15. The lowest BCUT2D eigenvalue weighted by atomic mass is 9.96. The number of nitro groups is 1. The van der Waals surface area contributed by atoms with Gasteiger partial charge in [0.25, 0.3) is 11.6 Å². The maximum Gasteiger partial charge on any atom is 0.312 e. The number of benzene rings is 2. The first-order valence-electron chi connectivity index (χ1n) is 8.15. The average molecular weight is 374 g/mol. The molecule has 1 atom stereocenters. The summed E-state index contributed by atoms with van der Waals surface area (Å²) in [7, 11) is 0. The predicted octanol–water partition coefficient (Wildman–Crippen LogP) is 3.26. The molecule has 0 fully saturated rings. The number of halogens is 1. The highest BCUT2D eigenvalue weighted by Gasteiger charge is 2.26. The standard InChI is InChI=1S/C19H19FN2O5/c1-10-8-11(2)17(22(26)27)12(3)16(10)18(23)21-9-15(19(24)25)13-4-6-14(20)7-5-13/h4-8,15H,9H2,1-3H3,(H,21,23)(H,24,25). The van der Waals surface area contributed by atoms with Gasteiger partial charge in [0.05, 0.1) is 16.4 Å². The topological polar surface area (TPSA) is 110 Å². The number of carbonyl (C=O) groups is 2. The molecule has 27 heavy (non-hydrogen) atoms. The number of nitrogens with zero attached hydrogens (tertiary/aromatic N) is 1. The molecule has 1 amide bonds. The molecule has 0 aliphatic carbocycles. The lowest BCUT2D eigenvalue weighted by Gasteiger charge is -2.16. The van der Waals surface area contributed by atoms with Crippen molar-refractivity contribution in [2.45, 2.75) is 26.7 Å². The van der Waals surface area contributed by atoms with Crippen molar-refractivity contribution < 1.29 is 24.0 Å². The highest BCUT2D eigenvalue weighted by Crippen LogP contribution is 2.28. The van der Waals surface area contributed by atoms with Crippen LogP contribution in [-0.4, -0.2) is 28.5 Å². The Balaban J connectivity index is 2.29. The Hall–Kier alpha value is -3.29. The normalized spacial score (nSPS) is 11.7. The number of carboxylic acid groups (broad SMARTS) is 1. The van der Waals surface area contributed by atoms with Gasteiger partial charge in [-0.1, -0.05) is 12.1 Å². The van der Waals surface area contributed by atoms with Crippen LogP contribution in [0.5, 0.6) is 0 Å². The molecule has 7 nitrogen and oxygen atoms in total. The van der Waals surface area contributed by atoms with Crippen molar-refractivity contribution in [3.63, 3.8) is 0 Å². The van der Waals surface area contributed by atoms with E-state index in [-0.39, 0.29) is 23.4 Å². The first kappa shape index (κ1) is 20.0. The van der Waals surface area contributed by atoms with Crippen molar-refractivity contribution >= 4 is 17.6 Å². The Labute approximate surface area is 155 Å². The number of hydrogen-bond acceptors (Lipinski definition) is 4. The highest BCUT2D eigenvalue weighted by atomic mass is 19.1. The van der Waals surface area contributed by atoms with Crippen LogP contribution in [0, 0.1) is 36.7 Å². The minimum absolute atomic E-state index is 0.140. The lowest BCUT2D eigenvalue weighted by molar-refractivity contribution is -0.386. The van der Waals surface area contributed by atoms with Crippen molar-refractivity contribution in [3.8, 4) is 0 Å². The first-order chi connectivity index (χ1) is 12.6. The van der Waals surface area contributed by atoms with Gasteiger partial charge in [-0.3, -0.25) is 19.7 Å². The molecule has 0 aliphatic rings. The number of aliphatic carboxylic acids is 1. The molecule has 0 heterocycles. The van der Waals surface area contributed by atoms with E-state index in [9.17, 15) is 29.2 Å². The fourth-order valence-electron chi connectivity index (χ4n) is 3.13. The summed E-state index contributed by atoms with van der Waals surface area (Å²) in [5.74, 6) is -3.34. The van der Waals surface area contributed by atoms with E-state index < -0.39 is 28.5 Å². The second kappa shape index (κ2) is 7.94. The molecule has 0 spiro atoms. The number of amides is 1. The van der Waals surface area contributed by atoms with Crippen LogP contribution in [0.1, 0.15) is 38.5 Å². The zero-order valence-corrected chi connectivity index (χ0v) is 15.1. The van der Waals surface area contributed by atoms with E-state index in [1.807, 2.05) is 0 Å². The third-order valence-electron chi connectivity index (χ3n) is 4.38. The van der Waals surface area contributed by atoms with Crippen LogP contribution < -0.4 is 5.32 Å². The summed E-state index contributed by atoms with van der Waals surface area (Å²) >= 11 is 0. The third kappa shape index (κ3) is 4.28. The minimum atomic E-state index is -1.18. The Morgan fingerprint density at radius 3 is 2.30 bits per heavy atom. The van der Waals surface area contributed by atoms with Crippen LogP contribution in [0.25, 0.3) is 0 Å². The number of rotatable bonds is 6. The van der Waals surface area contributed by atoms with Gasteiger partial charge in [0.1, 0.15) is 5.82 Å². The maximum absolute atomic E-state index is 13.0. The van der Waals surface area contributed by atoms with Gasteiger partial charge < -0.3 is 10.4 Å². The van der Waals surface area contributed by atoms with Crippen molar-refractivity contribution in [2.24, 2.45) is 0 Å². The predicted molar refractivity (Wildman–Crippen MR) is 96.4 cm³/mol. The largest absolute Gasteiger partial charge is 0.481 e. The van der Waals surface area contributed by atoms with Crippen LogP contribution in [0.3, 0.4) is 0 Å².